The van der Waals surface area contributed by atoms with E-state index in [0.717, 1.165) is 5.56 Å². The molecule has 0 saturated carbocycles. The summed E-state index contributed by atoms with van der Waals surface area (Å²) < 4.78 is 13.5. The highest BCUT2D eigenvalue weighted by atomic mass is 19.1. The largest absolute Gasteiger partial charge is 0.355 e. The van der Waals surface area contributed by atoms with E-state index in [-0.39, 0.29) is 42.5 Å². The Morgan fingerprint density at radius 3 is 2.05 bits per heavy atom. The molecule has 0 fully saturated rings. The fourth-order valence-corrected chi connectivity index (χ4v) is 4.58. The molecule has 0 aliphatic rings. The Bertz CT molecular complexity index is 1420. The van der Waals surface area contributed by atoms with Gasteiger partial charge in [-0.05, 0) is 67.6 Å². The van der Waals surface area contributed by atoms with Crippen molar-refractivity contribution in [1.29, 1.82) is 0 Å². The van der Waals surface area contributed by atoms with E-state index in [1.54, 1.807) is 37.3 Å². The first-order chi connectivity index (χ1) is 21.1. The third kappa shape index (κ3) is 10.6. The van der Waals surface area contributed by atoms with Gasteiger partial charge in [-0.1, -0.05) is 62.4 Å². The molecule has 4 amide bonds. The number of likely N-dealkylation sites (N-methyl/N-ethyl adjacent to an activating group) is 1. The number of rotatable bonds is 15. The zero-order valence-corrected chi connectivity index (χ0v) is 25.7. The van der Waals surface area contributed by atoms with Crippen molar-refractivity contribution in [2.45, 2.75) is 58.8 Å². The maximum Gasteiger partial charge on any atom is 0.251 e. The zero-order valence-electron chi connectivity index (χ0n) is 25.7. The average Bonchev–Trinajstić information content (AvgIpc) is 3.01. The third-order valence-electron chi connectivity index (χ3n) is 7.05. The summed E-state index contributed by atoms with van der Waals surface area (Å²) in [6.45, 7) is 8.15. The van der Waals surface area contributed by atoms with Crippen molar-refractivity contribution >= 4 is 23.6 Å². The van der Waals surface area contributed by atoms with E-state index in [4.69, 9.17) is 0 Å². The molecule has 44 heavy (non-hydrogen) atoms. The molecule has 0 unspecified atom stereocenters. The van der Waals surface area contributed by atoms with Crippen LogP contribution in [-0.4, -0.2) is 54.8 Å². The molecule has 3 atom stereocenters. The standard InChI is InChI=1S/C34H42FN5O4/c1-5-36-34(44)30(22(2)3)40-31(41)23(4)37-21-29(18-24-11-7-6-8-12-24)39-33(43)27-15-10-14-26(19-27)32(42)38-20-25-13-9-16-28(35)17-25/h6-17,19,22-23,29-30,37H,5,18,20-21H2,1-4H3,(H,36,44)(H,38,42)(H,39,43)(H,40,41)/t23-,29-,30-/m0/s1. The van der Waals surface area contributed by atoms with Gasteiger partial charge in [0.2, 0.25) is 11.8 Å². The minimum atomic E-state index is -0.662. The minimum Gasteiger partial charge on any atom is -0.355 e. The Labute approximate surface area is 258 Å². The molecule has 0 heterocycles. The monoisotopic (exact) mass is 603 g/mol. The van der Waals surface area contributed by atoms with Gasteiger partial charge in [0.1, 0.15) is 11.9 Å². The van der Waals surface area contributed by atoms with Gasteiger partial charge < -0.3 is 26.6 Å². The van der Waals surface area contributed by atoms with Gasteiger partial charge in [0.15, 0.2) is 0 Å². The summed E-state index contributed by atoms with van der Waals surface area (Å²) >= 11 is 0. The molecule has 5 N–H and O–H groups in total. The van der Waals surface area contributed by atoms with Crippen LogP contribution in [0.25, 0.3) is 0 Å². The van der Waals surface area contributed by atoms with Gasteiger partial charge in [-0.2, -0.15) is 0 Å². The number of benzene rings is 3. The lowest BCUT2D eigenvalue weighted by molar-refractivity contribution is -0.130. The van der Waals surface area contributed by atoms with Crippen LogP contribution in [0.5, 0.6) is 0 Å². The van der Waals surface area contributed by atoms with Gasteiger partial charge in [0.05, 0.1) is 6.04 Å². The van der Waals surface area contributed by atoms with Crippen molar-refractivity contribution in [2.24, 2.45) is 5.92 Å². The van der Waals surface area contributed by atoms with Gasteiger partial charge >= 0.3 is 0 Å². The second-order valence-electron chi connectivity index (χ2n) is 11.0. The fraction of sp³-hybridized carbons (Fsp3) is 0.353. The van der Waals surface area contributed by atoms with Crippen molar-refractivity contribution in [1.82, 2.24) is 26.6 Å². The summed E-state index contributed by atoms with van der Waals surface area (Å²) in [6.07, 6.45) is 0.495. The van der Waals surface area contributed by atoms with E-state index in [1.165, 1.54) is 18.2 Å². The van der Waals surface area contributed by atoms with E-state index < -0.39 is 24.0 Å². The van der Waals surface area contributed by atoms with Crippen LogP contribution < -0.4 is 26.6 Å². The lowest BCUT2D eigenvalue weighted by Crippen LogP contribution is -2.55. The van der Waals surface area contributed by atoms with Crippen molar-refractivity contribution in [3.05, 3.63) is 107 Å². The van der Waals surface area contributed by atoms with Crippen molar-refractivity contribution in [2.75, 3.05) is 13.1 Å². The van der Waals surface area contributed by atoms with Crippen LogP contribution >= 0.6 is 0 Å². The summed E-state index contributed by atoms with van der Waals surface area (Å²) in [5.41, 5.74) is 2.21. The van der Waals surface area contributed by atoms with Crippen LogP contribution in [0, 0.1) is 11.7 Å². The predicted molar refractivity (Wildman–Crippen MR) is 168 cm³/mol. The van der Waals surface area contributed by atoms with Gasteiger partial charge in [0, 0.05) is 36.8 Å². The van der Waals surface area contributed by atoms with Crippen LogP contribution in [0.3, 0.4) is 0 Å². The van der Waals surface area contributed by atoms with Crippen molar-refractivity contribution < 1.29 is 23.6 Å². The van der Waals surface area contributed by atoms with Crippen LogP contribution in [0.2, 0.25) is 0 Å². The first-order valence-corrected chi connectivity index (χ1v) is 14.9. The molecule has 10 heteroatoms. The van der Waals surface area contributed by atoms with Crippen LogP contribution in [-0.2, 0) is 22.6 Å². The zero-order chi connectivity index (χ0) is 32.1. The summed E-state index contributed by atoms with van der Waals surface area (Å²) in [5.74, 6) is -1.80. The smallest absolute Gasteiger partial charge is 0.251 e. The molecule has 0 aliphatic heterocycles. The molecule has 0 aromatic heterocycles. The topological polar surface area (TPSA) is 128 Å². The molecule has 0 aliphatic carbocycles. The molecule has 0 spiro atoms. The maximum atomic E-state index is 13.5. The summed E-state index contributed by atoms with van der Waals surface area (Å²) in [7, 11) is 0. The molecular weight excluding hydrogens is 561 g/mol. The average molecular weight is 604 g/mol. The number of nitrogens with one attached hydrogen (secondary N) is 5. The van der Waals surface area contributed by atoms with Gasteiger partial charge in [-0.15, -0.1) is 0 Å². The van der Waals surface area contributed by atoms with Gasteiger partial charge in [-0.25, -0.2) is 4.39 Å². The van der Waals surface area contributed by atoms with Crippen LogP contribution in [0.15, 0.2) is 78.9 Å². The molecule has 0 bridgehead atoms. The minimum absolute atomic E-state index is 0.0954. The molecule has 3 aromatic carbocycles. The number of amides is 4. The highest BCUT2D eigenvalue weighted by Crippen LogP contribution is 2.10. The Kier molecular flexibility index (Phi) is 13.0. The summed E-state index contributed by atoms with van der Waals surface area (Å²) in [5, 5.41) is 14.5. The molecular formula is C34H42FN5O4. The van der Waals surface area contributed by atoms with Crippen molar-refractivity contribution in [3.8, 4) is 0 Å². The molecule has 3 aromatic rings. The second-order valence-corrected chi connectivity index (χ2v) is 11.0. The predicted octanol–water partition coefficient (Wildman–Crippen LogP) is 3.35. The molecule has 9 nitrogen and oxygen atoms in total. The quantitative estimate of drug-likeness (QED) is 0.182. The maximum absolute atomic E-state index is 13.5. The van der Waals surface area contributed by atoms with E-state index in [1.807, 2.05) is 51.1 Å². The normalized spacial score (nSPS) is 13.0. The van der Waals surface area contributed by atoms with E-state index in [9.17, 15) is 23.6 Å². The molecule has 0 radical (unpaired) electrons. The molecule has 3 rings (SSSR count). The Hall–Kier alpha value is -4.57. The lowest BCUT2D eigenvalue weighted by atomic mass is 10.0. The summed E-state index contributed by atoms with van der Waals surface area (Å²) in [6, 6.07) is 20.3. The molecule has 234 valence electrons. The SMILES string of the molecule is CCNC(=O)[C@@H](NC(=O)[C@H](C)NC[C@H](Cc1ccccc1)NC(=O)c1cccc(C(=O)NCc2cccc(F)c2)c1)C(C)C. The lowest BCUT2D eigenvalue weighted by Gasteiger charge is -2.25. The van der Waals surface area contributed by atoms with E-state index >= 15 is 0 Å². The number of hydrogen-bond acceptors (Lipinski definition) is 5. The second kappa shape index (κ2) is 16.9. The highest BCUT2D eigenvalue weighted by molar-refractivity contribution is 5.99. The number of halogens is 1. The van der Waals surface area contributed by atoms with Crippen molar-refractivity contribution in [3.63, 3.8) is 0 Å². The Morgan fingerprint density at radius 1 is 0.727 bits per heavy atom. The van der Waals surface area contributed by atoms with Gasteiger partial charge in [0.25, 0.3) is 11.8 Å². The summed E-state index contributed by atoms with van der Waals surface area (Å²) in [4.78, 5) is 51.5. The van der Waals surface area contributed by atoms with Gasteiger partial charge in [-0.3, -0.25) is 19.2 Å². The van der Waals surface area contributed by atoms with E-state index in [0.29, 0.717) is 29.7 Å². The van der Waals surface area contributed by atoms with E-state index in [2.05, 4.69) is 26.6 Å². The number of carbonyl (C=O) groups excluding carboxylic acids is 4. The first-order valence-electron chi connectivity index (χ1n) is 14.9. The molecule has 0 saturated heterocycles. The van der Waals surface area contributed by atoms with Crippen LogP contribution in [0.4, 0.5) is 4.39 Å². The highest BCUT2D eigenvalue weighted by Gasteiger charge is 2.26. The Morgan fingerprint density at radius 2 is 1.39 bits per heavy atom. The van der Waals surface area contributed by atoms with Crippen LogP contribution in [0.1, 0.15) is 59.5 Å². The third-order valence-corrected chi connectivity index (χ3v) is 7.05. The fourth-order valence-electron chi connectivity index (χ4n) is 4.58. The first kappa shape index (κ1) is 33.9. The number of hydrogen-bond donors (Lipinski definition) is 5. The number of carbonyl (C=O) groups is 4. The Balaban J connectivity index is 1.66.